The molecule has 0 unspecified atom stereocenters. The Morgan fingerprint density at radius 2 is 1.67 bits per heavy atom. The van der Waals surface area contributed by atoms with Crippen LogP contribution in [0.4, 0.5) is 5.69 Å². The van der Waals surface area contributed by atoms with Gasteiger partial charge in [-0.2, -0.15) is 0 Å². The second-order valence-electron chi connectivity index (χ2n) is 8.34. The summed E-state index contributed by atoms with van der Waals surface area (Å²) in [6.45, 7) is 5.30. The number of para-hydroxylation sites is 1. The number of piperazine rings is 1. The number of ether oxygens (including phenoxy) is 1. The van der Waals surface area contributed by atoms with Crippen molar-refractivity contribution in [2.45, 2.75) is 19.9 Å². The standard InChI is InChI=1S/C24H32N3O5S/c1-20(28)26-13-16-27(17-14-26,23-7-4-3-5-8-23)15-6-18-33(30,31)25-19-21-9-11-22(12-10-21)24(29)32-2/h3-5,7-12,25H,6,13-19H2,1-2H3/q+1. The summed E-state index contributed by atoms with van der Waals surface area (Å²) in [7, 11) is -2.14. The van der Waals surface area contributed by atoms with E-state index in [1.165, 1.54) is 7.11 Å². The van der Waals surface area contributed by atoms with Crippen LogP contribution in [0, 0.1) is 0 Å². The monoisotopic (exact) mass is 474 g/mol. The number of quaternary nitrogens is 1. The highest BCUT2D eigenvalue weighted by Gasteiger charge is 2.35. The largest absolute Gasteiger partial charge is 0.465 e. The molecule has 2 aromatic rings. The van der Waals surface area contributed by atoms with E-state index in [4.69, 9.17) is 0 Å². The van der Waals surface area contributed by atoms with Gasteiger partial charge in [-0.05, 0) is 29.8 Å². The molecule has 1 aliphatic heterocycles. The van der Waals surface area contributed by atoms with Crippen LogP contribution in [-0.4, -0.2) is 70.8 Å². The normalized spacial score (nSPS) is 15.8. The van der Waals surface area contributed by atoms with Crippen LogP contribution in [0.2, 0.25) is 0 Å². The van der Waals surface area contributed by atoms with Crippen molar-refractivity contribution in [2.75, 3.05) is 45.6 Å². The zero-order valence-corrected chi connectivity index (χ0v) is 20.0. The Labute approximate surface area is 195 Å². The van der Waals surface area contributed by atoms with Crippen LogP contribution < -0.4 is 9.21 Å². The van der Waals surface area contributed by atoms with Gasteiger partial charge < -0.3 is 9.64 Å². The number of nitrogens with zero attached hydrogens (tertiary/aromatic N) is 2. The molecule has 178 valence electrons. The van der Waals surface area contributed by atoms with Gasteiger partial charge in [0.2, 0.25) is 15.9 Å². The summed E-state index contributed by atoms with van der Waals surface area (Å²) in [5.41, 5.74) is 2.33. The summed E-state index contributed by atoms with van der Waals surface area (Å²) in [6, 6.07) is 16.8. The third kappa shape index (κ3) is 6.63. The maximum atomic E-state index is 12.6. The Kier molecular flexibility index (Phi) is 8.23. The van der Waals surface area contributed by atoms with E-state index in [0.29, 0.717) is 36.1 Å². The minimum Gasteiger partial charge on any atom is -0.465 e. The van der Waals surface area contributed by atoms with Gasteiger partial charge in [0.25, 0.3) is 0 Å². The molecule has 1 fully saturated rings. The van der Waals surface area contributed by atoms with E-state index in [1.54, 1.807) is 31.2 Å². The highest BCUT2D eigenvalue weighted by molar-refractivity contribution is 7.89. The van der Waals surface area contributed by atoms with Gasteiger partial charge in [0.15, 0.2) is 0 Å². The van der Waals surface area contributed by atoms with Gasteiger partial charge in [0.05, 0.1) is 38.1 Å². The molecule has 1 amide bonds. The molecule has 0 aliphatic carbocycles. The maximum absolute atomic E-state index is 12.6. The summed E-state index contributed by atoms with van der Waals surface area (Å²) in [5, 5.41) is 0. The number of rotatable bonds is 9. The molecule has 1 saturated heterocycles. The van der Waals surface area contributed by atoms with Crippen molar-refractivity contribution in [1.82, 2.24) is 14.1 Å². The smallest absolute Gasteiger partial charge is 0.337 e. The number of benzene rings is 2. The predicted octanol–water partition coefficient (Wildman–Crippen LogP) is 2.15. The van der Waals surface area contributed by atoms with Crippen molar-refractivity contribution < 1.29 is 22.7 Å². The second kappa shape index (κ2) is 10.9. The van der Waals surface area contributed by atoms with Gasteiger partial charge in [-0.25, -0.2) is 17.9 Å². The Bertz CT molecular complexity index is 1050. The first-order valence-electron chi connectivity index (χ1n) is 11.1. The summed E-state index contributed by atoms with van der Waals surface area (Å²) in [6.07, 6.45) is 0.506. The molecule has 0 saturated carbocycles. The molecule has 0 aromatic heterocycles. The molecule has 33 heavy (non-hydrogen) atoms. The maximum Gasteiger partial charge on any atom is 0.337 e. The highest BCUT2D eigenvalue weighted by Crippen LogP contribution is 2.26. The van der Waals surface area contributed by atoms with Gasteiger partial charge in [-0.15, -0.1) is 0 Å². The van der Waals surface area contributed by atoms with Crippen molar-refractivity contribution in [3.63, 3.8) is 0 Å². The fraction of sp³-hybridized carbons (Fsp3) is 0.417. The van der Waals surface area contributed by atoms with Crippen LogP contribution in [0.25, 0.3) is 0 Å². The lowest BCUT2D eigenvalue weighted by Crippen LogP contribution is -2.62. The van der Waals surface area contributed by atoms with Gasteiger partial charge in [-0.1, -0.05) is 30.3 Å². The summed E-state index contributed by atoms with van der Waals surface area (Å²) in [5.74, 6) is -0.328. The number of esters is 1. The van der Waals surface area contributed by atoms with Crippen LogP contribution in [0.5, 0.6) is 0 Å². The average Bonchev–Trinajstić information content (AvgIpc) is 2.83. The molecule has 9 heteroatoms. The van der Waals surface area contributed by atoms with Crippen molar-refractivity contribution in [3.8, 4) is 0 Å². The summed E-state index contributed by atoms with van der Waals surface area (Å²) < 4.78 is 33.2. The Hall–Kier alpha value is -2.75. The van der Waals surface area contributed by atoms with Crippen LogP contribution in [0.3, 0.4) is 0 Å². The van der Waals surface area contributed by atoms with Crippen molar-refractivity contribution in [2.24, 2.45) is 0 Å². The average molecular weight is 475 g/mol. The van der Waals surface area contributed by atoms with E-state index in [0.717, 1.165) is 24.3 Å². The number of amides is 1. The summed E-state index contributed by atoms with van der Waals surface area (Å²) in [4.78, 5) is 25.1. The second-order valence-corrected chi connectivity index (χ2v) is 10.3. The molecule has 8 nitrogen and oxygen atoms in total. The summed E-state index contributed by atoms with van der Waals surface area (Å²) >= 11 is 0. The first-order chi connectivity index (χ1) is 15.7. The SMILES string of the molecule is COC(=O)c1ccc(CNS(=O)(=O)CCC[N+]2(c3ccccc3)CCN(C(C)=O)CC2)cc1. The van der Waals surface area contributed by atoms with E-state index >= 15 is 0 Å². The van der Waals surface area contributed by atoms with E-state index < -0.39 is 16.0 Å². The minimum atomic E-state index is -3.46. The third-order valence-electron chi connectivity index (χ3n) is 6.22. The quantitative estimate of drug-likeness (QED) is 0.444. The fourth-order valence-electron chi connectivity index (χ4n) is 4.22. The zero-order valence-electron chi connectivity index (χ0n) is 19.2. The molecule has 0 spiro atoms. The Morgan fingerprint density at radius 1 is 1.03 bits per heavy atom. The highest BCUT2D eigenvalue weighted by atomic mass is 32.2. The Balaban J connectivity index is 1.57. The molecule has 2 aromatic carbocycles. The fourth-order valence-corrected chi connectivity index (χ4v) is 5.26. The molecular formula is C24H32N3O5S+. The number of carbonyl (C=O) groups excluding carboxylic acids is 2. The van der Waals surface area contributed by atoms with Crippen LogP contribution >= 0.6 is 0 Å². The lowest BCUT2D eigenvalue weighted by atomic mass is 10.1. The minimum absolute atomic E-state index is 0.0243. The van der Waals surface area contributed by atoms with Crippen LogP contribution in [0.1, 0.15) is 29.3 Å². The number of methoxy groups -OCH3 is 1. The molecular weight excluding hydrogens is 442 g/mol. The lowest BCUT2D eigenvalue weighted by Gasteiger charge is -2.44. The van der Waals surface area contributed by atoms with Gasteiger partial charge >= 0.3 is 5.97 Å². The van der Waals surface area contributed by atoms with E-state index in [2.05, 4.69) is 21.6 Å². The number of sulfonamides is 1. The number of hydrogen-bond acceptors (Lipinski definition) is 5. The lowest BCUT2D eigenvalue weighted by molar-refractivity contribution is -0.130. The molecule has 0 radical (unpaired) electrons. The third-order valence-corrected chi connectivity index (χ3v) is 7.63. The number of nitrogens with one attached hydrogen (secondary N) is 1. The van der Waals surface area contributed by atoms with E-state index in [1.807, 2.05) is 23.1 Å². The predicted molar refractivity (Wildman–Crippen MR) is 128 cm³/mol. The first kappa shape index (κ1) is 24.9. The zero-order chi connectivity index (χ0) is 23.9. The number of carbonyl (C=O) groups is 2. The van der Waals surface area contributed by atoms with E-state index in [9.17, 15) is 18.0 Å². The van der Waals surface area contributed by atoms with Crippen LogP contribution in [0.15, 0.2) is 54.6 Å². The van der Waals surface area contributed by atoms with Crippen molar-refractivity contribution in [1.29, 1.82) is 0 Å². The van der Waals surface area contributed by atoms with E-state index in [-0.39, 0.29) is 18.2 Å². The molecule has 1 heterocycles. The molecule has 0 bridgehead atoms. The molecule has 1 N–H and O–H groups in total. The van der Waals surface area contributed by atoms with Crippen LogP contribution in [-0.2, 0) is 26.1 Å². The van der Waals surface area contributed by atoms with Gasteiger partial charge in [-0.3, -0.25) is 9.28 Å². The van der Waals surface area contributed by atoms with Gasteiger partial charge in [0, 0.05) is 19.9 Å². The van der Waals surface area contributed by atoms with Gasteiger partial charge in [0.1, 0.15) is 18.8 Å². The molecule has 3 rings (SSSR count). The van der Waals surface area contributed by atoms with Crippen molar-refractivity contribution >= 4 is 27.6 Å². The first-order valence-corrected chi connectivity index (χ1v) is 12.7. The molecule has 0 atom stereocenters. The molecule has 1 aliphatic rings. The Morgan fingerprint density at radius 3 is 2.24 bits per heavy atom. The van der Waals surface area contributed by atoms with Crippen molar-refractivity contribution in [3.05, 3.63) is 65.7 Å². The topological polar surface area (TPSA) is 92.8 Å². The number of hydrogen-bond donors (Lipinski definition) is 1.